The Morgan fingerprint density at radius 2 is 0.947 bits per heavy atom. The molecule has 0 unspecified atom stereocenters. The number of hydrogen-bond acceptors (Lipinski definition) is 10. The lowest BCUT2D eigenvalue weighted by atomic mass is 10.3. The molecule has 4 aromatic rings. The molecule has 0 bridgehead atoms. The molecule has 308 valence electrons. The van der Waals surface area contributed by atoms with Crippen molar-refractivity contribution in [3.05, 3.63) is 95.6 Å². The van der Waals surface area contributed by atoms with Crippen LogP contribution in [0.5, 0.6) is 0 Å². The predicted molar refractivity (Wildman–Crippen MR) is 194 cm³/mol. The molecule has 2 aliphatic heterocycles. The number of carbonyl (C=O) groups excluding carboxylic acids is 2. The van der Waals surface area contributed by atoms with Crippen molar-refractivity contribution in [2.24, 2.45) is 0 Å². The Morgan fingerprint density at radius 1 is 0.579 bits per heavy atom. The molecule has 2 aliphatic rings. The third-order valence-electron chi connectivity index (χ3n) is 8.61. The number of halogens is 4. The average molecular weight is 805 g/mol. The van der Waals surface area contributed by atoms with E-state index in [0.717, 1.165) is 50.4 Å². The van der Waals surface area contributed by atoms with Crippen LogP contribution in [0.25, 0.3) is 11.4 Å². The van der Waals surface area contributed by atoms with Crippen LogP contribution in [-0.2, 0) is 41.9 Å². The molecule has 2 aromatic carbocycles. The first-order valence-corrected chi connectivity index (χ1v) is 17.7. The Balaban J connectivity index is 0.000000217. The zero-order valence-corrected chi connectivity index (χ0v) is 31.4. The van der Waals surface area contributed by atoms with Gasteiger partial charge in [0.15, 0.2) is 23.3 Å². The molecular weight excluding hydrogens is 760 g/mol. The fraction of sp³-hybridized carbons (Fsp3) is 0.405. The smallest absolute Gasteiger partial charge is 0.314 e. The zero-order chi connectivity index (χ0) is 41.5. The van der Waals surface area contributed by atoms with E-state index >= 15 is 0 Å². The first kappa shape index (κ1) is 44.0. The molecule has 57 heavy (non-hydrogen) atoms. The Bertz CT molecular complexity index is 1820. The molecule has 2 amide bonds. The summed E-state index contributed by atoms with van der Waals surface area (Å²) in [6.07, 6.45) is 2.55. The van der Waals surface area contributed by atoms with Gasteiger partial charge in [-0.25, -0.2) is 26.9 Å². The highest BCUT2D eigenvalue weighted by Gasteiger charge is 2.20. The van der Waals surface area contributed by atoms with Crippen LogP contribution < -0.4 is 0 Å². The molecule has 0 radical (unpaired) electrons. The summed E-state index contributed by atoms with van der Waals surface area (Å²) in [5.41, 5.74) is 2.30. The largest absolute Gasteiger partial charge is 0.481 e. The number of rotatable bonds is 12. The van der Waals surface area contributed by atoms with Crippen LogP contribution in [0.3, 0.4) is 0 Å². The van der Waals surface area contributed by atoms with Gasteiger partial charge in [0.1, 0.15) is 6.42 Å². The van der Waals surface area contributed by atoms with Crippen LogP contribution in [0, 0.1) is 23.3 Å². The van der Waals surface area contributed by atoms with Crippen molar-refractivity contribution < 1.29 is 56.4 Å². The Labute approximate surface area is 325 Å². The molecule has 2 N–H and O–H groups in total. The number of carboxylic acids is 2. The summed E-state index contributed by atoms with van der Waals surface area (Å²) in [6.45, 7) is 10.7. The maximum absolute atomic E-state index is 13.3. The van der Waals surface area contributed by atoms with Crippen LogP contribution in [0.15, 0.2) is 60.9 Å². The molecule has 0 aliphatic carbocycles. The maximum atomic E-state index is 13.3. The van der Waals surface area contributed by atoms with Crippen LogP contribution in [-0.4, -0.2) is 139 Å². The summed E-state index contributed by atoms with van der Waals surface area (Å²) >= 11 is 0. The van der Waals surface area contributed by atoms with E-state index in [-0.39, 0.29) is 11.8 Å². The number of nitrogens with zero attached hydrogens (tertiary/aromatic N) is 8. The molecule has 0 saturated carbocycles. The minimum absolute atomic E-state index is 0.100. The van der Waals surface area contributed by atoms with E-state index in [1.807, 2.05) is 9.80 Å². The lowest BCUT2D eigenvalue weighted by molar-refractivity contribution is -0.147. The van der Waals surface area contributed by atoms with Crippen molar-refractivity contribution in [2.45, 2.75) is 33.5 Å². The van der Waals surface area contributed by atoms with Crippen molar-refractivity contribution >= 4 is 23.8 Å². The normalized spacial score (nSPS) is 14.6. The van der Waals surface area contributed by atoms with Gasteiger partial charge >= 0.3 is 11.9 Å². The molecule has 6 rings (SSSR count). The Hall–Kier alpha value is -5.70. The van der Waals surface area contributed by atoms with Gasteiger partial charge in [-0.15, -0.1) is 0 Å². The second-order valence-corrected chi connectivity index (χ2v) is 12.9. The SMILES string of the molecule is CC(=O)N1CCN(COCc2ccn(-c3ccc(F)c(F)c3)n2)CC1.CC(=O)N1CCN(COCc2ccn(-c3ccc(F)c(F)c3)n2)CC1.O=C(O)CC(=O)O. The lowest BCUT2D eigenvalue weighted by Gasteiger charge is -2.33. The van der Waals surface area contributed by atoms with E-state index in [9.17, 15) is 36.7 Å². The monoisotopic (exact) mass is 804 g/mol. The van der Waals surface area contributed by atoms with Crippen molar-refractivity contribution in [1.82, 2.24) is 39.2 Å². The number of amides is 2. The summed E-state index contributed by atoms with van der Waals surface area (Å²) in [6, 6.07) is 10.8. The number of aromatic nitrogens is 4. The van der Waals surface area contributed by atoms with Crippen molar-refractivity contribution in [2.75, 3.05) is 65.8 Å². The van der Waals surface area contributed by atoms with E-state index in [1.54, 1.807) is 38.4 Å². The van der Waals surface area contributed by atoms with Gasteiger partial charge in [0, 0.05) is 90.7 Å². The number of ether oxygens (including phenoxy) is 2. The molecule has 20 heteroatoms. The second-order valence-electron chi connectivity index (χ2n) is 12.9. The lowest BCUT2D eigenvalue weighted by Crippen LogP contribution is -2.48. The van der Waals surface area contributed by atoms with Crippen LogP contribution in [0.1, 0.15) is 31.7 Å². The molecule has 0 atom stereocenters. The summed E-state index contributed by atoms with van der Waals surface area (Å²) in [5, 5.41) is 24.0. The number of aliphatic carboxylic acids is 2. The summed E-state index contributed by atoms with van der Waals surface area (Å²) in [4.78, 5) is 49.3. The number of carbonyl (C=O) groups is 4. The highest BCUT2D eigenvalue weighted by Crippen LogP contribution is 2.15. The highest BCUT2D eigenvalue weighted by atomic mass is 19.2. The quantitative estimate of drug-likeness (QED) is 0.158. The average Bonchev–Trinajstić information content (AvgIpc) is 3.85. The first-order chi connectivity index (χ1) is 27.2. The topological polar surface area (TPSA) is 176 Å². The van der Waals surface area contributed by atoms with Gasteiger partial charge in [-0.05, 0) is 36.4 Å². The van der Waals surface area contributed by atoms with Gasteiger partial charge in [0.25, 0.3) is 0 Å². The molecule has 0 spiro atoms. The molecule has 2 fully saturated rings. The van der Waals surface area contributed by atoms with Crippen LogP contribution in [0.4, 0.5) is 17.6 Å². The number of hydrogen-bond donors (Lipinski definition) is 2. The van der Waals surface area contributed by atoms with E-state index < -0.39 is 41.6 Å². The van der Waals surface area contributed by atoms with Gasteiger partial charge in [-0.3, -0.25) is 29.0 Å². The van der Waals surface area contributed by atoms with Crippen molar-refractivity contribution in [3.8, 4) is 11.4 Å². The van der Waals surface area contributed by atoms with Crippen LogP contribution in [0.2, 0.25) is 0 Å². The van der Waals surface area contributed by atoms with Gasteiger partial charge in [0.2, 0.25) is 11.8 Å². The molecule has 16 nitrogen and oxygen atoms in total. The minimum atomic E-state index is -1.31. The fourth-order valence-electron chi connectivity index (χ4n) is 5.49. The molecule has 2 aromatic heterocycles. The summed E-state index contributed by atoms with van der Waals surface area (Å²) in [7, 11) is 0. The van der Waals surface area contributed by atoms with E-state index in [1.165, 1.54) is 21.5 Å². The van der Waals surface area contributed by atoms with E-state index in [2.05, 4.69) is 20.0 Å². The molecule has 2 saturated heterocycles. The van der Waals surface area contributed by atoms with Crippen molar-refractivity contribution in [3.63, 3.8) is 0 Å². The third-order valence-corrected chi connectivity index (χ3v) is 8.61. The van der Waals surface area contributed by atoms with Crippen LogP contribution >= 0.6 is 0 Å². The number of benzene rings is 2. The number of piperazine rings is 2. The summed E-state index contributed by atoms with van der Waals surface area (Å²) < 4.78 is 66.8. The zero-order valence-electron chi connectivity index (χ0n) is 31.4. The van der Waals surface area contributed by atoms with E-state index in [0.29, 0.717) is 75.6 Å². The fourth-order valence-corrected chi connectivity index (χ4v) is 5.49. The van der Waals surface area contributed by atoms with Gasteiger partial charge < -0.3 is 29.5 Å². The van der Waals surface area contributed by atoms with E-state index in [4.69, 9.17) is 19.7 Å². The standard InChI is InChI=1S/2C17H20F2N4O2.C3H4O4/c2*1-13(24)22-8-6-21(7-9-22)12-25-11-14-4-5-23(20-14)15-2-3-16(18)17(19)10-15;4-2(5)1-3(6)7/h2*2-5,10H,6-9,11-12H2,1H3;1H2,(H,4,5)(H,6,7). The van der Waals surface area contributed by atoms with Gasteiger partial charge in [-0.2, -0.15) is 10.2 Å². The van der Waals surface area contributed by atoms with Gasteiger partial charge in [0.05, 0.1) is 49.4 Å². The first-order valence-electron chi connectivity index (χ1n) is 17.7. The third kappa shape index (κ3) is 14.4. The highest BCUT2D eigenvalue weighted by molar-refractivity contribution is 5.88. The predicted octanol–water partition coefficient (Wildman–Crippen LogP) is 3.12. The van der Waals surface area contributed by atoms with Gasteiger partial charge in [-0.1, -0.05) is 0 Å². The molecule has 4 heterocycles. The Kier molecular flexibility index (Phi) is 16.7. The minimum Gasteiger partial charge on any atom is -0.481 e. The second kappa shape index (κ2) is 21.6. The maximum Gasteiger partial charge on any atom is 0.314 e. The summed E-state index contributed by atoms with van der Waals surface area (Å²) in [5.74, 6) is -6.01. The Morgan fingerprint density at radius 3 is 1.25 bits per heavy atom. The molecular formula is C37H44F4N8O8. The number of carboxylic acid groups (broad SMARTS) is 2. The van der Waals surface area contributed by atoms with Crippen molar-refractivity contribution in [1.29, 1.82) is 0 Å².